The smallest absolute Gasteiger partial charge is 0.133 e. The molecule has 3 rings (SSSR count). The molecule has 0 aliphatic heterocycles. The van der Waals surface area contributed by atoms with Crippen molar-refractivity contribution < 1.29 is 4.42 Å². The van der Waals surface area contributed by atoms with Crippen LogP contribution in [0.4, 0.5) is 0 Å². The zero-order valence-corrected chi connectivity index (χ0v) is 8.25. The molecule has 0 amide bonds. The summed E-state index contributed by atoms with van der Waals surface area (Å²) in [6.07, 6.45) is 12.7. The summed E-state index contributed by atoms with van der Waals surface area (Å²) >= 11 is 0. The number of fused-ring (bicyclic) bond motifs is 3. The second-order valence-corrected chi connectivity index (χ2v) is 4.23. The van der Waals surface area contributed by atoms with Gasteiger partial charge in [0.15, 0.2) is 0 Å². The monoisotopic (exact) mass is 186 g/mol. The Hall–Kier alpha value is -1.24. The van der Waals surface area contributed by atoms with Gasteiger partial charge in [-0.3, -0.25) is 0 Å². The van der Waals surface area contributed by atoms with Gasteiger partial charge in [0.1, 0.15) is 5.76 Å². The Morgan fingerprint density at radius 1 is 1.00 bits per heavy atom. The van der Waals surface area contributed by atoms with E-state index in [9.17, 15) is 0 Å². The summed E-state index contributed by atoms with van der Waals surface area (Å²) in [4.78, 5) is 0. The highest BCUT2D eigenvalue weighted by molar-refractivity contribution is 5.68. The van der Waals surface area contributed by atoms with Crippen LogP contribution < -0.4 is 0 Å². The lowest BCUT2D eigenvalue weighted by Crippen LogP contribution is -1.80. The molecule has 0 spiro atoms. The molecule has 1 aromatic heterocycles. The van der Waals surface area contributed by atoms with Gasteiger partial charge in [0.05, 0.1) is 6.26 Å². The maximum atomic E-state index is 5.46. The molecule has 2 bridgehead atoms. The minimum atomic E-state index is 1.05. The molecular weight excluding hydrogens is 172 g/mol. The molecule has 1 nitrogen and oxygen atoms in total. The van der Waals surface area contributed by atoms with Gasteiger partial charge in [-0.25, -0.2) is 0 Å². The minimum absolute atomic E-state index is 1.05. The van der Waals surface area contributed by atoms with Crippen LogP contribution in [0.5, 0.6) is 0 Å². The number of furan rings is 1. The van der Waals surface area contributed by atoms with Crippen LogP contribution in [-0.4, -0.2) is 0 Å². The standard InChI is InChI=1S/C13H14O/c1-2-4-11-7-10(3-1)8-12-5-6-14-13(12)9-11/h5-6,8-9H,1-4,7H2. The van der Waals surface area contributed by atoms with Gasteiger partial charge in [0.25, 0.3) is 0 Å². The van der Waals surface area contributed by atoms with Crippen LogP contribution in [0.15, 0.2) is 27.9 Å². The first-order chi connectivity index (χ1) is 6.92. The Morgan fingerprint density at radius 2 is 1.79 bits per heavy atom. The van der Waals surface area contributed by atoms with E-state index in [1.54, 1.807) is 17.4 Å². The lowest BCUT2D eigenvalue weighted by atomic mass is 10.1. The van der Waals surface area contributed by atoms with Crippen LogP contribution in [0.25, 0.3) is 12.2 Å². The molecular formula is C13H14O. The van der Waals surface area contributed by atoms with Crippen LogP contribution in [0, 0.1) is 0 Å². The van der Waals surface area contributed by atoms with E-state index < -0.39 is 0 Å². The summed E-state index contributed by atoms with van der Waals surface area (Å²) in [5.74, 6) is 1.05. The molecule has 1 aromatic rings. The van der Waals surface area contributed by atoms with Crippen molar-refractivity contribution in [3.05, 3.63) is 34.8 Å². The summed E-state index contributed by atoms with van der Waals surface area (Å²) < 4.78 is 5.46. The molecule has 1 saturated carbocycles. The molecule has 0 radical (unpaired) electrons. The summed E-state index contributed by atoms with van der Waals surface area (Å²) in [5, 5.41) is 0. The van der Waals surface area contributed by atoms with Crippen LogP contribution >= 0.6 is 0 Å². The van der Waals surface area contributed by atoms with Gasteiger partial charge in [0.2, 0.25) is 0 Å². The van der Waals surface area contributed by atoms with E-state index in [1.165, 1.54) is 37.7 Å². The van der Waals surface area contributed by atoms with Gasteiger partial charge < -0.3 is 4.42 Å². The zero-order chi connectivity index (χ0) is 9.38. The number of rotatable bonds is 0. The van der Waals surface area contributed by atoms with E-state index in [1.807, 2.05) is 0 Å². The molecule has 0 saturated heterocycles. The average Bonchev–Trinajstić information content (AvgIpc) is 2.42. The van der Waals surface area contributed by atoms with Gasteiger partial charge in [-0.15, -0.1) is 0 Å². The van der Waals surface area contributed by atoms with Crippen molar-refractivity contribution in [1.29, 1.82) is 0 Å². The van der Waals surface area contributed by atoms with Crippen molar-refractivity contribution in [2.45, 2.75) is 32.1 Å². The van der Waals surface area contributed by atoms with Crippen LogP contribution in [0.2, 0.25) is 0 Å². The lowest BCUT2D eigenvalue weighted by molar-refractivity contribution is 0.555. The van der Waals surface area contributed by atoms with E-state index in [2.05, 4.69) is 18.2 Å². The largest absolute Gasteiger partial charge is 0.464 e. The fourth-order valence-electron chi connectivity index (χ4n) is 2.39. The highest BCUT2D eigenvalue weighted by Gasteiger charge is 2.14. The van der Waals surface area contributed by atoms with Crippen molar-refractivity contribution in [1.82, 2.24) is 0 Å². The third-order valence-corrected chi connectivity index (χ3v) is 3.12. The molecule has 1 heterocycles. The molecule has 0 atom stereocenters. The van der Waals surface area contributed by atoms with Crippen LogP contribution in [0.3, 0.4) is 0 Å². The predicted octanol–water partition coefficient (Wildman–Crippen LogP) is 4.02. The molecule has 0 N–H and O–H groups in total. The highest BCUT2D eigenvalue weighted by Crippen LogP contribution is 2.33. The summed E-state index contributed by atoms with van der Waals surface area (Å²) in [6, 6.07) is 2.07. The summed E-state index contributed by atoms with van der Waals surface area (Å²) in [5.41, 5.74) is 4.38. The Labute approximate surface area is 84.1 Å². The van der Waals surface area contributed by atoms with Gasteiger partial charge in [-0.05, 0) is 44.2 Å². The maximum absolute atomic E-state index is 5.46. The minimum Gasteiger partial charge on any atom is -0.464 e. The molecule has 2 aliphatic carbocycles. The molecule has 1 fully saturated rings. The first-order valence-corrected chi connectivity index (χ1v) is 5.38. The van der Waals surface area contributed by atoms with Crippen molar-refractivity contribution in [2.75, 3.05) is 0 Å². The normalized spacial score (nSPS) is 20.3. The van der Waals surface area contributed by atoms with Crippen LogP contribution in [-0.2, 0) is 0 Å². The first kappa shape index (κ1) is 8.10. The van der Waals surface area contributed by atoms with Crippen molar-refractivity contribution in [3.8, 4) is 0 Å². The Morgan fingerprint density at radius 3 is 2.64 bits per heavy atom. The number of hydrogen-bond acceptors (Lipinski definition) is 1. The SMILES string of the molecule is C1=C2CCCCC(=Cc3occc31)C2. The van der Waals surface area contributed by atoms with E-state index in [4.69, 9.17) is 4.42 Å². The van der Waals surface area contributed by atoms with E-state index in [0.29, 0.717) is 0 Å². The fourth-order valence-corrected chi connectivity index (χ4v) is 2.39. The topological polar surface area (TPSA) is 13.1 Å². The Bertz CT molecular complexity index is 370. The first-order valence-electron chi connectivity index (χ1n) is 5.38. The van der Waals surface area contributed by atoms with Crippen molar-refractivity contribution in [2.24, 2.45) is 0 Å². The lowest BCUT2D eigenvalue weighted by Gasteiger charge is -2.00. The Balaban J connectivity index is 2.14. The zero-order valence-electron chi connectivity index (χ0n) is 8.25. The quantitative estimate of drug-likeness (QED) is 0.596. The van der Waals surface area contributed by atoms with Gasteiger partial charge in [-0.1, -0.05) is 17.2 Å². The molecule has 72 valence electrons. The van der Waals surface area contributed by atoms with Gasteiger partial charge in [-0.2, -0.15) is 0 Å². The van der Waals surface area contributed by atoms with Crippen molar-refractivity contribution in [3.63, 3.8) is 0 Å². The van der Waals surface area contributed by atoms with Crippen LogP contribution in [0.1, 0.15) is 43.4 Å². The second-order valence-electron chi connectivity index (χ2n) is 4.23. The fraction of sp³-hybridized carbons (Fsp3) is 0.385. The third kappa shape index (κ3) is 1.33. The summed E-state index contributed by atoms with van der Waals surface area (Å²) in [6.45, 7) is 0. The summed E-state index contributed by atoms with van der Waals surface area (Å²) in [7, 11) is 0. The van der Waals surface area contributed by atoms with Crippen molar-refractivity contribution >= 4 is 12.2 Å². The third-order valence-electron chi connectivity index (χ3n) is 3.12. The van der Waals surface area contributed by atoms with E-state index >= 15 is 0 Å². The van der Waals surface area contributed by atoms with Gasteiger partial charge >= 0.3 is 0 Å². The highest BCUT2D eigenvalue weighted by atomic mass is 16.3. The van der Waals surface area contributed by atoms with E-state index in [-0.39, 0.29) is 0 Å². The number of hydrogen-bond donors (Lipinski definition) is 0. The van der Waals surface area contributed by atoms with E-state index in [0.717, 1.165) is 5.76 Å². The Kier molecular flexibility index (Phi) is 1.83. The molecule has 0 unspecified atom stereocenters. The molecule has 0 aromatic carbocycles. The molecule has 14 heavy (non-hydrogen) atoms. The molecule has 1 heteroatoms. The van der Waals surface area contributed by atoms with Gasteiger partial charge in [0, 0.05) is 5.56 Å². The molecule has 2 aliphatic rings. The predicted molar refractivity (Wildman–Crippen MR) is 57.7 cm³/mol. The maximum Gasteiger partial charge on any atom is 0.133 e. The average molecular weight is 186 g/mol. The number of allylic oxidation sites excluding steroid dienone is 2. The second kappa shape index (κ2) is 3.16.